The molecule has 7 nitrogen and oxygen atoms in total. The van der Waals surface area contributed by atoms with E-state index < -0.39 is 17.1 Å². The van der Waals surface area contributed by atoms with Crippen molar-refractivity contribution in [2.24, 2.45) is 0 Å². The summed E-state index contributed by atoms with van der Waals surface area (Å²) in [7, 11) is 2.99. The van der Waals surface area contributed by atoms with E-state index in [1.54, 1.807) is 49.6 Å². The van der Waals surface area contributed by atoms with E-state index in [-0.39, 0.29) is 10.7 Å². The number of thioether (sulfide) groups is 1. The van der Waals surface area contributed by atoms with E-state index in [9.17, 15) is 14.4 Å². The minimum Gasteiger partial charge on any atom is -0.497 e. The van der Waals surface area contributed by atoms with E-state index in [0.29, 0.717) is 26.2 Å². The molecule has 1 N–H and O–H groups in total. The lowest BCUT2D eigenvalue weighted by molar-refractivity contribution is -0.115. The molecule has 1 heterocycles. The van der Waals surface area contributed by atoms with E-state index >= 15 is 0 Å². The van der Waals surface area contributed by atoms with Crippen molar-refractivity contribution < 1.29 is 28.6 Å². The van der Waals surface area contributed by atoms with Crippen LogP contribution in [0.15, 0.2) is 41.3 Å². The molecule has 28 heavy (non-hydrogen) atoms. The Labute approximate surface area is 178 Å². The first-order valence-corrected chi connectivity index (χ1v) is 9.79. The number of halogens is 1. The molecule has 0 saturated carbocycles. The highest BCUT2D eigenvalue weighted by Gasteiger charge is 2.25. The fourth-order valence-electron chi connectivity index (χ4n) is 2.37. The Bertz CT molecular complexity index is 987. The first-order valence-electron chi connectivity index (χ1n) is 7.90. The maximum Gasteiger partial charge on any atom is 0.343 e. The van der Waals surface area contributed by atoms with Crippen LogP contribution >= 0.6 is 34.4 Å². The second-order valence-electron chi connectivity index (χ2n) is 5.50. The molecule has 2 aromatic rings. The fraction of sp³-hybridized carbons (Fsp3) is 0.105. The van der Waals surface area contributed by atoms with Crippen LogP contribution in [0.5, 0.6) is 17.2 Å². The van der Waals surface area contributed by atoms with Crippen molar-refractivity contribution in [1.82, 2.24) is 5.32 Å². The number of carbonyl (C=O) groups is 3. The number of imide groups is 1. The maximum atomic E-state index is 12.4. The van der Waals surface area contributed by atoms with Crippen LogP contribution in [0.25, 0.3) is 6.08 Å². The third-order valence-corrected chi connectivity index (χ3v) is 5.32. The van der Waals surface area contributed by atoms with Crippen molar-refractivity contribution in [1.29, 1.82) is 0 Å². The molecule has 0 spiro atoms. The smallest absolute Gasteiger partial charge is 0.343 e. The van der Waals surface area contributed by atoms with Crippen molar-refractivity contribution in [3.05, 3.63) is 56.0 Å². The summed E-state index contributed by atoms with van der Waals surface area (Å²) in [6.45, 7) is 0. The summed E-state index contributed by atoms with van der Waals surface area (Å²) in [5.41, 5.74) is 1.00. The van der Waals surface area contributed by atoms with Gasteiger partial charge in [0.15, 0.2) is 11.5 Å². The van der Waals surface area contributed by atoms with Gasteiger partial charge in [0.1, 0.15) is 5.75 Å². The monoisotopic (exact) mass is 511 g/mol. The Balaban J connectivity index is 1.87. The molecule has 0 atom stereocenters. The number of esters is 1. The number of nitrogens with one attached hydrogen (secondary N) is 1. The number of ether oxygens (including phenoxy) is 3. The number of hydrogen-bond donors (Lipinski definition) is 1. The molecule has 0 radical (unpaired) electrons. The highest BCUT2D eigenvalue weighted by atomic mass is 127. The summed E-state index contributed by atoms with van der Waals surface area (Å²) in [4.78, 5) is 35.7. The molecule has 3 rings (SSSR count). The van der Waals surface area contributed by atoms with Gasteiger partial charge in [-0.3, -0.25) is 14.9 Å². The van der Waals surface area contributed by atoms with Crippen molar-refractivity contribution in [2.45, 2.75) is 0 Å². The summed E-state index contributed by atoms with van der Waals surface area (Å²) >= 11 is 2.84. The summed E-state index contributed by atoms with van der Waals surface area (Å²) in [5.74, 6) is 0.245. The Hall–Kier alpha value is -2.53. The van der Waals surface area contributed by atoms with Gasteiger partial charge in [0.2, 0.25) is 0 Å². The summed E-state index contributed by atoms with van der Waals surface area (Å²) in [6, 6.07) is 9.89. The van der Waals surface area contributed by atoms with Gasteiger partial charge in [0, 0.05) is 0 Å². The number of amides is 2. The van der Waals surface area contributed by atoms with Gasteiger partial charge in [-0.15, -0.1) is 0 Å². The predicted molar refractivity (Wildman–Crippen MR) is 113 cm³/mol. The normalized spacial score (nSPS) is 14.8. The van der Waals surface area contributed by atoms with E-state index in [1.807, 2.05) is 22.6 Å². The molecular weight excluding hydrogens is 497 g/mol. The summed E-state index contributed by atoms with van der Waals surface area (Å²) in [6.07, 6.45) is 1.57. The maximum absolute atomic E-state index is 12.4. The van der Waals surface area contributed by atoms with E-state index in [2.05, 4.69) is 5.32 Å². The second-order valence-corrected chi connectivity index (χ2v) is 7.68. The largest absolute Gasteiger partial charge is 0.497 e. The van der Waals surface area contributed by atoms with Gasteiger partial charge in [0.25, 0.3) is 11.1 Å². The minimum absolute atomic E-state index is 0.269. The van der Waals surface area contributed by atoms with Crippen molar-refractivity contribution in [3.8, 4) is 17.2 Å². The van der Waals surface area contributed by atoms with Crippen molar-refractivity contribution in [3.63, 3.8) is 0 Å². The van der Waals surface area contributed by atoms with Crippen LogP contribution in [0.3, 0.4) is 0 Å². The molecule has 144 valence electrons. The average molecular weight is 511 g/mol. The van der Waals surface area contributed by atoms with Crippen molar-refractivity contribution in [2.75, 3.05) is 14.2 Å². The van der Waals surface area contributed by atoms with Crippen molar-refractivity contribution >= 4 is 57.5 Å². The van der Waals surface area contributed by atoms with Gasteiger partial charge in [-0.2, -0.15) is 0 Å². The van der Waals surface area contributed by atoms with Crippen LogP contribution in [-0.4, -0.2) is 31.3 Å². The number of methoxy groups -OCH3 is 2. The molecule has 1 saturated heterocycles. The zero-order valence-corrected chi connectivity index (χ0v) is 17.8. The molecule has 2 aromatic carbocycles. The first-order chi connectivity index (χ1) is 13.4. The molecule has 0 aliphatic carbocycles. The second kappa shape index (κ2) is 8.65. The SMILES string of the molecule is COc1ccc(C(=O)Oc2c(I)cc(/C=C3\SC(=O)NC3=O)cc2OC)cc1. The highest BCUT2D eigenvalue weighted by Crippen LogP contribution is 2.36. The van der Waals surface area contributed by atoms with Crippen LogP contribution in [0.1, 0.15) is 15.9 Å². The predicted octanol–water partition coefficient (Wildman–Crippen LogP) is 3.85. The first kappa shape index (κ1) is 20.2. The van der Waals surface area contributed by atoms with Crippen LogP contribution in [0, 0.1) is 3.57 Å². The Morgan fingerprint density at radius 3 is 2.39 bits per heavy atom. The van der Waals surface area contributed by atoms with Crippen LogP contribution in [0.4, 0.5) is 4.79 Å². The van der Waals surface area contributed by atoms with Gasteiger partial charge in [-0.05, 0) is 82.4 Å². The zero-order valence-electron chi connectivity index (χ0n) is 14.8. The molecule has 1 aliphatic rings. The molecule has 9 heteroatoms. The topological polar surface area (TPSA) is 90.9 Å². The fourth-order valence-corrected chi connectivity index (χ4v) is 3.79. The van der Waals surface area contributed by atoms with Crippen LogP contribution in [-0.2, 0) is 4.79 Å². The number of carbonyl (C=O) groups excluding carboxylic acids is 3. The lowest BCUT2D eigenvalue weighted by Crippen LogP contribution is -2.17. The molecule has 1 fully saturated rings. The standard InChI is InChI=1S/C19H14INO6S/c1-25-12-5-3-11(4-6-12)18(23)27-16-13(20)7-10(8-14(16)26-2)9-15-17(22)21-19(24)28-15/h3-9H,1-2H3,(H,21,22,24)/b15-9-. The number of benzene rings is 2. The lowest BCUT2D eigenvalue weighted by Gasteiger charge is -2.12. The Kier molecular flexibility index (Phi) is 6.25. The quantitative estimate of drug-likeness (QED) is 0.282. The van der Waals surface area contributed by atoms with Gasteiger partial charge >= 0.3 is 5.97 Å². The van der Waals surface area contributed by atoms with Gasteiger partial charge < -0.3 is 14.2 Å². The van der Waals surface area contributed by atoms with E-state index in [0.717, 1.165) is 11.8 Å². The summed E-state index contributed by atoms with van der Waals surface area (Å²) < 4.78 is 16.6. The van der Waals surface area contributed by atoms with Crippen LogP contribution < -0.4 is 19.5 Å². The van der Waals surface area contributed by atoms with Crippen LogP contribution in [0.2, 0.25) is 0 Å². The molecule has 0 aromatic heterocycles. The minimum atomic E-state index is -0.540. The Morgan fingerprint density at radius 1 is 1.11 bits per heavy atom. The molecule has 1 aliphatic heterocycles. The van der Waals surface area contributed by atoms with Gasteiger partial charge in [-0.1, -0.05) is 0 Å². The highest BCUT2D eigenvalue weighted by molar-refractivity contribution is 14.1. The zero-order chi connectivity index (χ0) is 20.3. The number of rotatable bonds is 5. The lowest BCUT2D eigenvalue weighted by atomic mass is 10.1. The Morgan fingerprint density at radius 2 is 1.82 bits per heavy atom. The molecule has 2 amide bonds. The van der Waals surface area contributed by atoms with Gasteiger partial charge in [0.05, 0.1) is 28.3 Å². The average Bonchev–Trinajstić information content (AvgIpc) is 3.00. The molecule has 0 bridgehead atoms. The molecule has 0 unspecified atom stereocenters. The third kappa shape index (κ3) is 4.47. The number of hydrogen-bond acceptors (Lipinski definition) is 7. The van der Waals surface area contributed by atoms with Gasteiger partial charge in [-0.25, -0.2) is 4.79 Å². The van der Waals surface area contributed by atoms with E-state index in [4.69, 9.17) is 14.2 Å². The molecular formula is C19H14INO6S. The summed E-state index contributed by atoms with van der Waals surface area (Å²) in [5, 5.41) is 1.79. The third-order valence-electron chi connectivity index (χ3n) is 3.71. The van der Waals surface area contributed by atoms with E-state index in [1.165, 1.54) is 7.11 Å².